The van der Waals surface area contributed by atoms with Gasteiger partial charge in [0.2, 0.25) is 0 Å². The molecule has 24 heavy (non-hydrogen) atoms. The van der Waals surface area contributed by atoms with Crippen LogP contribution < -0.4 is 0 Å². The van der Waals surface area contributed by atoms with E-state index in [4.69, 9.17) is 0 Å². The first-order valence-electron chi connectivity index (χ1n) is 9.23. The van der Waals surface area contributed by atoms with E-state index < -0.39 is 0 Å². The molecule has 0 spiro atoms. The maximum Gasteiger partial charge on any atom is 0.257 e. The molecule has 2 bridgehead atoms. The van der Waals surface area contributed by atoms with Gasteiger partial charge in [0.15, 0.2) is 0 Å². The van der Waals surface area contributed by atoms with Crippen molar-refractivity contribution in [3.8, 4) is 0 Å². The zero-order valence-corrected chi connectivity index (χ0v) is 14.0. The van der Waals surface area contributed by atoms with Gasteiger partial charge in [-0.3, -0.25) is 9.69 Å². The van der Waals surface area contributed by atoms with Crippen LogP contribution in [0.3, 0.4) is 0 Å². The number of pyridine rings is 1. The summed E-state index contributed by atoms with van der Waals surface area (Å²) in [7, 11) is 0. The van der Waals surface area contributed by atoms with E-state index in [0.717, 1.165) is 30.1 Å². The Morgan fingerprint density at radius 2 is 2.04 bits per heavy atom. The highest BCUT2D eigenvalue weighted by molar-refractivity contribution is 6.00. The third-order valence-electron chi connectivity index (χ3n) is 5.96. The van der Waals surface area contributed by atoms with Crippen molar-refractivity contribution in [3.05, 3.63) is 36.2 Å². The highest BCUT2D eigenvalue weighted by Gasteiger charge is 2.39. The molecule has 2 aromatic heterocycles. The van der Waals surface area contributed by atoms with Gasteiger partial charge in [0.25, 0.3) is 5.91 Å². The van der Waals surface area contributed by atoms with Gasteiger partial charge in [-0.2, -0.15) is 5.10 Å². The topological polar surface area (TPSA) is 40.9 Å². The Kier molecular flexibility index (Phi) is 3.37. The van der Waals surface area contributed by atoms with Gasteiger partial charge >= 0.3 is 0 Å². The molecule has 1 amide bonds. The number of aromatic nitrogens is 2. The number of piperidine rings is 1. The monoisotopic (exact) mass is 324 g/mol. The van der Waals surface area contributed by atoms with Crippen molar-refractivity contribution in [2.24, 2.45) is 11.8 Å². The number of hydrogen-bond donors (Lipinski definition) is 0. The third-order valence-corrected chi connectivity index (χ3v) is 5.96. The predicted molar refractivity (Wildman–Crippen MR) is 91.9 cm³/mol. The number of amides is 1. The number of fused-ring (bicyclic) bond motifs is 5. The highest BCUT2D eigenvalue weighted by Crippen LogP contribution is 2.35. The minimum absolute atomic E-state index is 0.154. The van der Waals surface area contributed by atoms with E-state index >= 15 is 0 Å². The lowest BCUT2D eigenvalue weighted by atomic mass is 9.95. The van der Waals surface area contributed by atoms with E-state index in [9.17, 15) is 4.79 Å². The molecule has 126 valence electrons. The fourth-order valence-corrected chi connectivity index (χ4v) is 4.47. The Morgan fingerprint density at radius 3 is 2.92 bits per heavy atom. The van der Waals surface area contributed by atoms with Crippen molar-refractivity contribution < 1.29 is 4.79 Å². The molecule has 6 rings (SSSR count). The summed E-state index contributed by atoms with van der Waals surface area (Å²) in [6.45, 7) is 4.21. The smallest absolute Gasteiger partial charge is 0.257 e. The number of nitrogens with zero attached hydrogens (tertiary/aromatic N) is 4. The average molecular weight is 324 g/mol. The van der Waals surface area contributed by atoms with Gasteiger partial charge in [-0.1, -0.05) is 6.07 Å². The van der Waals surface area contributed by atoms with Gasteiger partial charge in [0.1, 0.15) is 0 Å². The molecule has 5 heteroatoms. The maximum atomic E-state index is 13.1. The Hall–Kier alpha value is -1.88. The predicted octanol–water partition coefficient (Wildman–Crippen LogP) is 2.28. The molecule has 2 atom stereocenters. The van der Waals surface area contributed by atoms with E-state index in [2.05, 4.69) is 14.9 Å². The van der Waals surface area contributed by atoms with Crippen LogP contribution in [-0.2, 0) is 0 Å². The number of hydrogen-bond acceptors (Lipinski definition) is 3. The normalized spacial score (nSPS) is 27.6. The van der Waals surface area contributed by atoms with Crippen molar-refractivity contribution in [1.29, 1.82) is 0 Å². The molecular formula is C19H24N4O. The van der Waals surface area contributed by atoms with Gasteiger partial charge in [-0.25, -0.2) is 4.52 Å². The van der Waals surface area contributed by atoms with Crippen LogP contribution in [0.5, 0.6) is 0 Å². The zero-order chi connectivity index (χ0) is 16.1. The Bertz CT molecular complexity index is 766. The second-order valence-corrected chi connectivity index (χ2v) is 7.79. The molecule has 4 aliphatic rings. The number of rotatable bonds is 3. The van der Waals surface area contributed by atoms with E-state index in [1.54, 1.807) is 10.7 Å². The Morgan fingerprint density at radius 1 is 1.12 bits per heavy atom. The molecule has 5 nitrogen and oxygen atoms in total. The number of carbonyl (C=O) groups excluding carboxylic acids is 1. The standard InChI is InChI=1S/C19H24N4O/c24-19(17-9-20-23-8-2-1-3-18(17)23)22-12-15-6-7-16(13-22)21(11-15)10-14-4-5-14/h1-3,8-9,14-16H,4-7,10-13H2/t15-,16-/m0/s1. The first-order chi connectivity index (χ1) is 11.8. The third kappa shape index (κ3) is 2.51. The Balaban J connectivity index is 1.39. The summed E-state index contributed by atoms with van der Waals surface area (Å²) in [6, 6.07) is 6.44. The molecule has 3 saturated heterocycles. The molecule has 0 aromatic carbocycles. The Labute approximate surface area is 142 Å². The van der Waals surface area contributed by atoms with Crippen LogP contribution in [0.1, 0.15) is 36.0 Å². The molecule has 0 unspecified atom stereocenters. The van der Waals surface area contributed by atoms with E-state index in [0.29, 0.717) is 12.0 Å². The van der Waals surface area contributed by atoms with Crippen LogP contribution in [0.2, 0.25) is 0 Å². The van der Waals surface area contributed by atoms with Gasteiger partial charge < -0.3 is 4.90 Å². The molecule has 0 N–H and O–H groups in total. The SMILES string of the molecule is O=C(c1cnn2ccccc12)N1C[C@H]2CC[C@@H](C1)N(CC1CC1)C2. The summed E-state index contributed by atoms with van der Waals surface area (Å²) in [5, 5.41) is 4.33. The van der Waals surface area contributed by atoms with Crippen LogP contribution >= 0.6 is 0 Å². The summed E-state index contributed by atoms with van der Waals surface area (Å²) in [4.78, 5) is 17.9. The number of carbonyl (C=O) groups is 1. The molecule has 2 aromatic rings. The van der Waals surface area contributed by atoms with Crippen molar-refractivity contribution in [1.82, 2.24) is 19.4 Å². The van der Waals surface area contributed by atoms with Crippen molar-refractivity contribution in [3.63, 3.8) is 0 Å². The molecule has 4 fully saturated rings. The lowest BCUT2D eigenvalue weighted by Crippen LogP contribution is -2.45. The summed E-state index contributed by atoms with van der Waals surface area (Å²) in [5.74, 6) is 1.71. The van der Waals surface area contributed by atoms with Crippen LogP contribution in [0.25, 0.3) is 5.52 Å². The van der Waals surface area contributed by atoms with E-state index in [1.165, 1.54) is 38.8 Å². The van der Waals surface area contributed by atoms with Crippen molar-refractivity contribution in [2.45, 2.75) is 31.7 Å². The van der Waals surface area contributed by atoms with Crippen LogP contribution in [0.4, 0.5) is 0 Å². The van der Waals surface area contributed by atoms with Crippen LogP contribution in [0.15, 0.2) is 30.6 Å². The molecule has 1 aliphatic carbocycles. The minimum atomic E-state index is 0.154. The quantitative estimate of drug-likeness (QED) is 0.870. The van der Waals surface area contributed by atoms with E-state index in [1.807, 2.05) is 24.4 Å². The second kappa shape index (κ2) is 5.59. The fraction of sp³-hybridized carbons (Fsp3) is 0.579. The van der Waals surface area contributed by atoms with Crippen molar-refractivity contribution in [2.75, 3.05) is 26.2 Å². The van der Waals surface area contributed by atoms with Crippen molar-refractivity contribution >= 4 is 11.4 Å². The summed E-state index contributed by atoms with van der Waals surface area (Å²) in [5.41, 5.74) is 1.65. The first kappa shape index (κ1) is 14.5. The van der Waals surface area contributed by atoms with Crippen LogP contribution in [-0.4, -0.2) is 57.5 Å². The molecular weight excluding hydrogens is 300 g/mol. The molecule has 3 aliphatic heterocycles. The largest absolute Gasteiger partial charge is 0.337 e. The van der Waals surface area contributed by atoms with Gasteiger partial charge in [0, 0.05) is 38.4 Å². The van der Waals surface area contributed by atoms with E-state index in [-0.39, 0.29) is 5.91 Å². The average Bonchev–Trinajstić information content (AvgIpc) is 3.37. The lowest BCUT2D eigenvalue weighted by Gasteiger charge is -2.36. The summed E-state index contributed by atoms with van der Waals surface area (Å²) in [6.07, 6.45) is 8.94. The molecule has 5 heterocycles. The van der Waals surface area contributed by atoms with Crippen LogP contribution in [0, 0.1) is 11.8 Å². The highest BCUT2D eigenvalue weighted by atomic mass is 16.2. The summed E-state index contributed by atoms with van der Waals surface area (Å²) < 4.78 is 1.79. The second-order valence-electron chi connectivity index (χ2n) is 7.79. The fourth-order valence-electron chi connectivity index (χ4n) is 4.47. The van der Waals surface area contributed by atoms with Gasteiger partial charge in [-0.15, -0.1) is 0 Å². The van der Waals surface area contributed by atoms with Gasteiger partial charge in [-0.05, 0) is 49.7 Å². The first-order valence-corrected chi connectivity index (χ1v) is 9.23. The van der Waals surface area contributed by atoms with Gasteiger partial charge in [0.05, 0.1) is 17.3 Å². The minimum Gasteiger partial charge on any atom is -0.337 e. The maximum absolute atomic E-state index is 13.1. The summed E-state index contributed by atoms with van der Waals surface area (Å²) >= 11 is 0. The molecule has 1 saturated carbocycles. The lowest BCUT2D eigenvalue weighted by molar-refractivity contribution is 0.0738. The molecule has 0 radical (unpaired) electrons. The zero-order valence-electron chi connectivity index (χ0n) is 14.0.